The molecule has 14 heavy (non-hydrogen) atoms. The van der Waals surface area contributed by atoms with Crippen LogP contribution < -0.4 is 4.90 Å². The number of pyridine rings is 2. The summed E-state index contributed by atoms with van der Waals surface area (Å²) in [6.45, 7) is 0. The van der Waals surface area contributed by atoms with Gasteiger partial charge in [0.1, 0.15) is 3.70 Å². The van der Waals surface area contributed by atoms with Crippen LogP contribution in [0.15, 0.2) is 24.4 Å². The minimum absolute atomic E-state index is 0.808. The number of halogens is 1. The molecular weight excluding hydrogens is 289 g/mol. The average Bonchev–Trinajstić information content (AvgIpc) is 2.16. The normalized spacial score (nSPS) is 10.5. The molecule has 2 aromatic rings. The molecule has 0 aliphatic heterocycles. The highest BCUT2D eigenvalue weighted by Gasteiger charge is 2.05. The maximum absolute atomic E-state index is 4.43. The molecule has 0 spiro atoms. The maximum atomic E-state index is 4.43. The standard InChI is InChI=1S/C10H10IN3/c1-14(2)8-6-7-4-3-5-12-10(7)13-9(8)11/h3-6H,1-2H3. The van der Waals surface area contributed by atoms with Crippen molar-refractivity contribution >= 4 is 39.3 Å². The van der Waals surface area contributed by atoms with Gasteiger partial charge in [-0.1, -0.05) is 0 Å². The lowest BCUT2D eigenvalue weighted by molar-refractivity contribution is 1.10. The number of hydrogen-bond acceptors (Lipinski definition) is 3. The number of fused-ring (bicyclic) bond motifs is 1. The third-order valence-electron chi connectivity index (χ3n) is 2.01. The lowest BCUT2D eigenvalue weighted by atomic mass is 10.2. The van der Waals surface area contributed by atoms with E-state index in [1.165, 1.54) is 0 Å². The zero-order chi connectivity index (χ0) is 10.1. The van der Waals surface area contributed by atoms with Crippen molar-refractivity contribution in [1.29, 1.82) is 0 Å². The van der Waals surface area contributed by atoms with Gasteiger partial charge in [0.05, 0.1) is 5.69 Å². The Balaban J connectivity index is 2.71. The Kier molecular flexibility index (Phi) is 2.54. The van der Waals surface area contributed by atoms with Gasteiger partial charge in [0.2, 0.25) is 0 Å². The fourth-order valence-corrected chi connectivity index (χ4v) is 2.15. The van der Waals surface area contributed by atoms with E-state index in [9.17, 15) is 0 Å². The predicted octanol–water partition coefficient (Wildman–Crippen LogP) is 2.30. The Bertz CT molecular complexity index is 468. The molecule has 0 amide bonds. The van der Waals surface area contributed by atoms with E-state index in [0.717, 1.165) is 20.4 Å². The summed E-state index contributed by atoms with van der Waals surface area (Å²) < 4.78 is 0.985. The van der Waals surface area contributed by atoms with E-state index < -0.39 is 0 Å². The van der Waals surface area contributed by atoms with Crippen molar-refractivity contribution in [2.24, 2.45) is 0 Å². The van der Waals surface area contributed by atoms with Crippen LogP contribution in [-0.2, 0) is 0 Å². The first-order valence-corrected chi connectivity index (χ1v) is 5.35. The highest BCUT2D eigenvalue weighted by atomic mass is 127. The number of nitrogens with zero attached hydrogens (tertiary/aromatic N) is 3. The first-order valence-electron chi connectivity index (χ1n) is 4.27. The van der Waals surface area contributed by atoms with Gasteiger partial charge in [0.15, 0.2) is 5.65 Å². The smallest absolute Gasteiger partial charge is 0.160 e. The summed E-state index contributed by atoms with van der Waals surface area (Å²) in [5.41, 5.74) is 1.94. The molecule has 0 fully saturated rings. The van der Waals surface area contributed by atoms with E-state index >= 15 is 0 Å². The minimum Gasteiger partial charge on any atom is -0.376 e. The zero-order valence-electron chi connectivity index (χ0n) is 8.03. The fraction of sp³-hybridized carbons (Fsp3) is 0.200. The molecule has 72 valence electrons. The molecule has 0 unspecified atom stereocenters. The van der Waals surface area contributed by atoms with E-state index in [0.29, 0.717) is 0 Å². The Hall–Kier alpha value is -0.910. The molecule has 0 aliphatic carbocycles. The predicted molar refractivity (Wildman–Crippen MR) is 66.6 cm³/mol. The topological polar surface area (TPSA) is 29.0 Å². The monoisotopic (exact) mass is 299 g/mol. The van der Waals surface area contributed by atoms with Gasteiger partial charge in [-0.15, -0.1) is 0 Å². The minimum atomic E-state index is 0.808. The van der Waals surface area contributed by atoms with Crippen LogP contribution in [0.5, 0.6) is 0 Å². The Labute approximate surface area is 96.3 Å². The Morgan fingerprint density at radius 1 is 1.36 bits per heavy atom. The molecule has 0 saturated heterocycles. The van der Waals surface area contributed by atoms with Gasteiger partial charge in [-0.2, -0.15) is 0 Å². The number of hydrogen-bond donors (Lipinski definition) is 0. The van der Waals surface area contributed by atoms with Crippen molar-refractivity contribution in [2.75, 3.05) is 19.0 Å². The van der Waals surface area contributed by atoms with Crippen LogP contribution in [0.3, 0.4) is 0 Å². The van der Waals surface area contributed by atoms with Crippen molar-refractivity contribution in [2.45, 2.75) is 0 Å². The first kappa shape index (κ1) is 9.64. The van der Waals surface area contributed by atoms with Crippen LogP contribution in [0, 0.1) is 3.70 Å². The summed E-state index contributed by atoms with van der Waals surface area (Å²) in [6.07, 6.45) is 1.76. The first-order chi connectivity index (χ1) is 6.68. The van der Waals surface area contributed by atoms with Gasteiger partial charge in [0.25, 0.3) is 0 Å². The molecule has 2 heterocycles. The van der Waals surface area contributed by atoms with E-state index in [2.05, 4.69) is 43.5 Å². The molecule has 0 atom stereocenters. The molecule has 0 aliphatic rings. The second-order valence-electron chi connectivity index (χ2n) is 3.24. The highest BCUT2D eigenvalue weighted by molar-refractivity contribution is 14.1. The molecule has 0 saturated carbocycles. The average molecular weight is 299 g/mol. The van der Waals surface area contributed by atoms with Crippen LogP contribution >= 0.6 is 22.6 Å². The summed E-state index contributed by atoms with van der Waals surface area (Å²) in [6, 6.07) is 6.06. The van der Waals surface area contributed by atoms with Crippen molar-refractivity contribution < 1.29 is 0 Å². The lowest BCUT2D eigenvalue weighted by Gasteiger charge is -2.14. The third-order valence-corrected chi connectivity index (χ3v) is 2.80. The molecule has 2 rings (SSSR count). The van der Waals surface area contributed by atoms with E-state index in [4.69, 9.17) is 0 Å². The van der Waals surface area contributed by atoms with Crippen molar-refractivity contribution in [1.82, 2.24) is 9.97 Å². The molecule has 0 aromatic carbocycles. The zero-order valence-corrected chi connectivity index (χ0v) is 10.2. The van der Waals surface area contributed by atoms with Crippen LogP contribution in [0.1, 0.15) is 0 Å². The number of rotatable bonds is 1. The maximum Gasteiger partial charge on any atom is 0.160 e. The van der Waals surface area contributed by atoms with E-state index in [-0.39, 0.29) is 0 Å². The van der Waals surface area contributed by atoms with E-state index in [1.54, 1.807) is 6.20 Å². The van der Waals surface area contributed by atoms with Gasteiger partial charge in [0, 0.05) is 25.7 Å². The van der Waals surface area contributed by atoms with Crippen molar-refractivity contribution in [3.05, 3.63) is 28.1 Å². The number of anilines is 1. The van der Waals surface area contributed by atoms with Gasteiger partial charge in [-0.3, -0.25) is 0 Å². The Morgan fingerprint density at radius 2 is 2.14 bits per heavy atom. The largest absolute Gasteiger partial charge is 0.376 e. The fourth-order valence-electron chi connectivity index (χ4n) is 1.29. The summed E-state index contributed by atoms with van der Waals surface area (Å²) in [5.74, 6) is 0. The molecule has 0 N–H and O–H groups in total. The summed E-state index contributed by atoms with van der Waals surface area (Å²) in [5, 5.41) is 1.08. The second kappa shape index (κ2) is 3.68. The van der Waals surface area contributed by atoms with E-state index in [1.807, 2.05) is 26.2 Å². The molecule has 3 nitrogen and oxygen atoms in total. The molecule has 2 aromatic heterocycles. The summed E-state index contributed by atoms with van der Waals surface area (Å²) in [7, 11) is 4.03. The van der Waals surface area contributed by atoms with Gasteiger partial charge in [-0.25, -0.2) is 9.97 Å². The quantitative estimate of drug-likeness (QED) is 0.597. The molecule has 0 radical (unpaired) electrons. The van der Waals surface area contributed by atoms with Gasteiger partial charge in [-0.05, 0) is 40.8 Å². The van der Waals surface area contributed by atoms with Crippen LogP contribution in [0.25, 0.3) is 11.0 Å². The van der Waals surface area contributed by atoms with Gasteiger partial charge >= 0.3 is 0 Å². The highest BCUT2D eigenvalue weighted by Crippen LogP contribution is 2.22. The van der Waals surface area contributed by atoms with Crippen LogP contribution in [0.2, 0.25) is 0 Å². The van der Waals surface area contributed by atoms with Gasteiger partial charge < -0.3 is 4.90 Å². The second-order valence-corrected chi connectivity index (χ2v) is 4.26. The molecule has 4 heteroatoms. The Morgan fingerprint density at radius 3 is 2.86 bits per heavy atom. The lowest BCUT2D eigenvalue weighted by Crippen LogP contribution is -2.11. The molecular formula is C10H10IN3. The molecule has 0 bridgehead atoms. The number of aromatic nitrogens is 2. The van der Waals surface area contributed by atoms with Crippen molar-refractivity contribution in [3.8, 4) is 0 Å². The van der Waals surface area contributed by atoms with Crippen LogP contribution in [-0.4, -0.2) is 24.1 Å². The van der Waals surface area contributed by atoms with Crippen LogP contribution in [0.4, 0.5) is 5.69 Å². The SMILES string of the molecule is CN(C)c1cc2cccnc2nc1I. The van der Waals surface area contributed by atoms with Crippen molar-refractivity contribution in [3.63, 3.8) is 0 Å². The third kappa shape index (κ3) is 1.66. The summed E-state index contributed by atoms with van der Waals surface area (Å²) >= 11 is 2.23. The summed E-state index contributed by atoms with van der Waals surface area (Å²) in [4.78, 5) is 10.7.